The maximum Gasteiger partial charge on any atom is 0.240 e. The molecular formula is C29H26N2O6. The summed E-state index contributed by atoms with van der Waals surface area (Å²) in [7, 11) is 1.51. The molecule has 6 rings (SSSR count). The summed E-state index contributed by atoms with van der Waals surface area (Å²) in [5.41, 5.74) is -0.557. The summed E-state index contributed by atoms with van der Waals surface area (Å²) >= 11 is 0. The topological polar surface area (TPSA) is 109 Å². The highest BCUT2D eigenvalue weighted by molar-refractivity contribution is 6.26. The van der Waals surface area contributed by atoms with E-state index in [9.17, 15) is 20.0 Å². The Morgan fingerprint density at radius 1 is 1.05 bits per heavy atom. The summed E-state index contributed by atoms with van der Waals surface area (Å²) < 4.78 is 17.6. The van der Waals surface area contributed by atoms with Crippen molar-refractivity contribution >= 4 is 28.3 Å². The molecule has 3 aromatic carbocycles. The minimum atomic E-state index is -0.815. The van der Waals surface area contributed by atoms with Gasteiger partial charge in [-0.15, -0.1) is 0 Å². The number of anilines is 1. The Balaban J connectivity index is 1.31. The monoisotopic (exact) mass is 498 g/mol. The molecule has 8 nitrogen and oxygen atoms in total. The van der Waals surface area contributed by atoms with Crippen molar-refractivity contribution in [2.24, 2.45) is 11.8 Å². The Kier molecular flexibility index (Phi) is 5.18. The van der Waals surface area contributed by atoms with E-state index in [0.717, 1.165) is 0 Å². The van der Waals surface area contributed by atoms with Crippen LogP contribution >= 0.6 is 0 Å². The summed E-state index contributed by atoms with van der Waals surface area (Å²) in [4.78, 5) is 29.1. The van der Waals surface area contributed by atoms with Crippen LogP contribution in [0.25, 0.3) is 10.8 Å². The molecule has 8 heteroatoms. The zero-order valence-electron chi connectivity index (χ0n) is 20.6. The molecule has 4 atom stereocenters. The van der Waals surface area contributed by atoms with E-state index in [1.807, 2.05) is 31.2 Å². The van der Waals surface area contributed by atoms with Crippen LogP contribution in [0.4, 0.5) is 5.69 Å². The molecule has 1 N–H and O–H groups in total. The summed E-state index contributed by atoms with van der Waals surface area (Å²) in [6, 6.07) is 17.5. The molecule has 3 aliphatic rings. The predicted molar refractivity (Wildman–Crippen MR) is 134 cm³/mol. The number of fused-ring (bicyclic) bond motifs is 6. The van der Waals surface area contributed by atoms with Gasteiger partial charge in [-0.05, 0) is 31.9 Å². The number of carbonyl (C=O) groups is 2. The first-order chi connectivity index (χ1) is 17.8. The Hall–Kier alpha value is -4.09. The lowest BCUT2D eigenvalue weighted by atomic mass is 9.67. The molecule has 0 saturated carbocycles. The molecule has 0 aromatic heterocycles. The molecular weight excluding hydrogens is 472 g/mol. The highest BCUT2D eigenvalue weighted by Crippen LogP contribution is 2.62. The Bertz CT molecular complexity index is 1500. The predicted octanol–water partition coefficient (Wildman–Crippen LogP) is 4.32. The fraction of sp³-hybridized carbons (Fsp3) is 0.345. The summed E-state index contributed by atoms with van der Waals surface area (Å²) in [6.45, 7) is 2.17. The lowest BCUT2D eigenvalue weighted by Gasteiger charge is -2.31. The molecule has 0 aliphatic carbocycles. The van der Waals surface area contributed by atoms with Crippen molar-refractivity contribution in [3.05, 3.63) is 60.2 Å². The number of nitriles is 1. The van der Waals surface area contributed by atoms with Crippen LogP contribution in [-0.4, -0.2) is 41.8 Å². The summed E-state index contributed by atoms with van der Waals surface area (Å²) in [5.74, 6) is -0.775. The van der Waals surface area contributed by atoms with Crippen LogP contribution in [0, 0.1) is 23.2 Å². The number of aromatic hydroxyl groups is 1. The van der Waals surface area contributed by atoms with Crippen LogP contribution in [0.1, 0.15) is 31.7 Å². The van der Waals surface area contributed by atoms with E-state index < -0.39 is 23.0 Å². The van der Waals surface area contributed by atoms with Crippen LogP contribution < -0.4 is 14.4 Å². The summed E-state index contributed by atoms with van der Waals surface area (Å²) in [5, 5.41) is 20.8. The minimum absolute atomic E-state index is 0.0278. The number of phenolic OH excluding ortho intramolecular Hbond substituents is 1. The van der Waals surface area contributed by atoms with E-state index in [4.69, 9.17) is 14.2 Å². The number of amides is 2. The normalized spacial score (nSPS) is 28.0. The van der Waals surface area contributed by atoms with E-state index in [1.54, 1.807) is 18.2 Å². The number of rotatable bonds is 6. The first-order valence-electron chi connectivity index (χ1n) is 12.3. The van der Waals surface area contributed by atoms with E-state index in [2.05, 4.69) is 6.07 Å². The lowest BCUT2D eigenvalue weighted by molar-refractivity contribution is -0.131. The van der Waals surface area contributed by atoms with Gasteiger partial charge in [0.05, 0.1) is 54.1 Å². The van der Waals surface area contributed by atoms with Crippen molar-refractivity contribution < 1.29 is 28.9 Å². The van der Waals surface area contributed by atoms with Gasteiger partial charge < -0.3 is 19.3 Å². The zero-order chi connectivity index (χ0) is 25.9. The fourth-order valence-corrected chi connectivity index (χ4v) is 6.52. The van der Waals surface area contributed by atoms with Crippen molar-refractivity contribution in [3.8, 4) is 23.3 Å². The molecule has 3 aliphatic heterocycles. The molecule has 2 bridgehead atoms. The first kappa shape index (κ1) is 23.3. The maximum absolute atomic E-state index is 14.0. The van der Waals surface area contributed by atoms with E-state index in [-0.39, 0.29) is 24.2 Å². The zero-order valence-corrected chi connectivity index (χ0v) is 20.6. The summed E-state index contributed by atoms with van der Waals surface area (Å²) in [6.07, 6.45) is 1.75. The van der Waals surface area contributed by atoms with Gasteiger partial charge in [0.25, 0.3) is 0 Å². The molecule has 2 amide bonds. The average molecular weight is 499 g/mol. The molecule has 0 unspecified atom stereocenters. The third kappa shape index (κ3) is 3.38. The Morgan fingerprint density at radius 3 is 2.54 bits per heavy atom. The Labute approximate surface area is 214 Å². The smallest absolute Gasteiger partial charge is 0.240 e. The largest absolute Gasteiger partial charge is 0.508 e. The quantitative estimate of drug-likeness (QED) is 0.504. The van der Waals surface area contributed by atoms with Crippen LogP contribution in [0.3, 0.4) is 0 Å². The molecule has 3 fully saturated rings. The number of ether oxygens (including phenoxy) is 3. The van der Waals surface area contributed by atoms with Crippen molar-refractivity contribution in [2.45, 2.75) is 37.4 Å². The molecule has 188 valence electrons. The van der Waals surface area contributed by atoms with Crippen LogP contribution in [0.15, 0.2) is 54.6 Å². The minimum Gasteiger partial charge on any atom is -0.508 e. The third-order valence-corrected chi connectivity index (χ3v) is 8.17. The third-order valence-electron chi connectivity index (χ3n) is 8.17. The van der Waals surface area contributed by atoms with Crippen LogP contribution in [-0.2, 0) is 14.3 Å². The van der Waals surface area contributed by atoms with Gasteiger partial charge in [-0.3, -0.25) is 9.59 Å². The lowest BCUT2D eigenvalue weighted by Crippen LogP contribution is -2.43. The van der Waals surface area contributed by atoms with Crippen molar-refractivity contribution in [1.29, 1.82) is 5.26 Å². The van der Waals surface area contributed by atoms with E-state index in [1.165, 1.54) is 24.1 Å². The average Bonchev–Trinajstić information content (AvgIpc) is 3.47. The van der Waals surface area contributed by atoms with Gasteiger partial charge in [0.15, 0.2) is 0 Å². The highest BCUT2D eigenvalue weighted by Gasteiger charge is 2.73. The molecule has 3 saturated heterocycles. The van der Waals surface area contributed by atoms with Gasteiger partial charge in [-0.1, -0.05) is 24.3 Å². The fourth-order valence-electron chi connectivity index (χ4n) is 6.52. The second kappa shape index (κ2) is 8.22. The van der Waals surface area contributed by atoms with E-state index in [0.29, 0.717) is 52.8 Å². The Morgan fingerprint density at radius 2 is 1.78 bits per heavy atom. The van der Waals surface area contributed by atoms with E-state index >= 15 is 0 Å². The van der Waals surface area contributed by atoms with Crippen LogP contribution in [0.2, 0.25) is 0 Å². The number of hydrogen-bond donors (Lipinski definition) is 1. The van der Waals surface area contributed by atoms with Gasteiger partial charge >= 0.3 is 0 Å². The maximum atomic E-state index is 14.0. The number of methoxy groups -OCH3 is 1. The molecule has 3 aromatic rings. The van der Waals surface area contributed by atoms with Crippen molar-refractivity contribution in [2.75, 3.05) is 18.6 Å². The second-order valence-corrected chi connectivity index (χ2v) is 10.2. The number of benzene rings is 3. The standard InChI is InChI=1S/C29H26N2O6/c1-28-9-10-29(37-28,11-12-36-20-14-18(32)13-19(15-20)35-2)25-24(28)26(33)31(27(25)34)23-8-7-17(16-30)21-5-3-4-6-22(21)23/h3-8,13-15,24-25,32H,9-12H2,1-2H3/t24-,25+,28-,29-/m0/s1. The SMILES string of the molecule is COc1cc(O)cc(OCC[C@]23CC[C@](C)(O2)[C@@H]2C(=O)N(c4ccc(C#N)c5ccccc45)C(=O)[C@@H]23)c1. The van der Waals surface area contributed by atoms with Crippen LogP contribution in [0.5, 0.6) is 17.2 Å². The number of carbonyl (C=O) groups excluding carboxylic acids is 2. The number of phenols is 1. The van der Waals surface area contributed by atoms with Gasteiger partial charge in [0, 0.05) is 35.4 Å². The number of hydrogen-bond acceptors (Lipinski definition) is 7. The second-order valence-electron chi connectivity index (χ2n) is 10.2. The van der Waals surface area contributed by atoms with Crippen molar-refractivity contribution in [1.82, 2.24) is 0 Å². The highest BCUT2D eigenvalue weighted by atomic mass is 16.5. The van der Waals surface area contributed by atoms with Gasteiger partial charge in [-0.2, -0.15) is 5.26 Å². The number of nitrogens with zero attached hydrogens (tertiary/aromatic N) is 2. The molecule has 0 radical (unpaired) electrons. The number of imide groups is 1. The molecule has 37 heavy (non-hydrogen) atoms. The molecule has 3 heterocycles. The van der Waals surface area contributed by atoms with Gasteiger partial charge in [-0.25, -0.2) is 4.90 Å². The molecule has 0 spiro atoms. The van der Waals surface area contributed by atoms with Gasteiger partial charge in [0.1, 0.15) is 17.2 Å². The van der Waals surface area contributed by atoms with Gasteiger partial charge in [0.2, 0.25) is 11.8 Å². The van der Waals surface area contributed by atoms with Crippen molar-refractivity contribution in [3.63, 3.8) is 0 Å². The first-order valence-corrected chi connectivity index (χ1v) is 12.3.